The van der Waals surface area contributed by atoms with E-state index in [9.17, 15) is 4.21 Å². The van der Waals surface area contributed by atoms with Crippen molar-refractivity contribution in [2.45, 2.75) is 17.6 Å². The average molecular weight is 358 g/mol. The molecule has 0 saturated carbocycles. The van der Waals surface area contributed by atoms with Crippen molar-refractivity contribution in [3.05, 3.63) is 34.1 Å². The number of nitrogen functional groups attached to an aromatic ring is 1. The Balaban J connectivity index is 2.33. The first kappa shape index (κ1) is 15.1. The molecule has 1 aromatic heterocycles. The summed E-state index contributed by atoms with van der Waals surface area (Å²) in [5, 5.41) is 4.30. The molecule has 1 heterocycles. The van der Waals surface area contributed by atoms with Crippen molar-refractivity contribution < 1.29 is 8.95 Å². The molecule has 2 N–H and O–H groups in total. The van der Waals surface area contributed by atoms with Crippen LogP contribution in [0.15, 0.2) is 27.6 Å². The van der Waals surface area contributed by atoms with Crippen molar-refractivity contribution >= 4 is 32.4 Å². The second-order valence-corrected chi connectivity index (χ2v) is 6.58. The molecular formula is C13H16BrN3O2S. The van der Waals surface area contributed by atoms with Gasteiger partial charge in [-0.2, -0.15) is 5.10 Å². The molecule has 2 rings (SSSR count). The molecule has 5 nitrogen and oxygen atoms in total. The number of hydrogen-bond donors (Lipinski definition) is 1. The molecule has 0 fully saturated rings. The minimum absolute atomic E-state index is 0.359. The predicted octanol–water partition coefficient (Wildman–Crippen LogP) is 2.39. The van der Waals surface area contributed by atoms with Crippen LogP contribution in [0.1, 0.15) is 11.4 Å². The Morgan fingerprint density at radius 1 is 1.50 bits per heavy atom. The fourth-order valence-corrected chi connectivity index (χ4v) is 3.89. The molecule has 0 aliphatic rings. The Bertz CT molecular complexity index is 670. The number of ether oxygens (including phenoxy) is 1. The number of aryl methyl sites for hydroxylation is 2. The molecule has 108 valence electrons. The van der Waals surface area contributed by atoms with Crippen LogP contribution < -0.4 is 10.5 Å². The smallest absolute Gasteiger partial charge is 0.137 e. The Morgan fingerprint density at radius 2 is 2.20 bits per heavy atom. The van der Waals surface area contributed by atoms with E-state index in [-0.39, 0.29) is 0 Å². The quantitative estimate of drug-likeness (QED) is 0.852. The number of methoxy groups -OCH3 is 1. The monoisotopic (exact) mass is 357 g/mol. The predicted molar refractivity (Wildman–Crippen MR) is 83.2 cm³/mol. The zero-order chi connectivity index (χ0) is 14.9. The second-order valence-electron chi connectivity index (χ2n) is 4.37. The maximum Gasteiger partial charge on any atom is 0.137 e. The highest BCUT2D eigenvalue weighted by molar-refractivity contribution is 9.10. The first-order chi connectivity index (χ1) is 9.43. The molecule has 0 spiro atoms. The van der Waals surface area contributed by atoms with Crippen LogP contribution in [0.3, 0.4) is 0 Å². The van der Waals surface area contributed by atoms with Crippen LogP contribution in [0.5, 0.6) is 5.75 Å². The number of hydrogen-bond acceptors (Lipinski definition) is 4. The molecule has 0 saturated heterocycles. The van der Waals surface area contributed by atoms with Gasteiger partial charge in [0.1, 0.15) is 5.75 Å². The third-order valence-electron chi connectivity index (χ3n) is 2.96. The van der Waals surface area contributed by atoms with Crippen molar-refractivity contribution in [1.29, 1.82) is 0 Å². The zero-order valence-electron chi connectivity index (χ0n) is 11.5. The lowest BCUT2D eigenvalue weighted by Gasteiger charge is -2.09. The van der Waals surface area contributed by atoms with Crippen molar-refractivity contribution in [3.63, 3.8) is 0 Å². The molecule has 1 atom stereocenters. The maximum atomic E-state index is 12.5. The van der Waals surface area contributed by atoms with Crippen molar-refractivity contribution in [3.8, 4) is 5.75 Å². The molecule has 1 aromatic carbocycles. The topological polar surface area (TPSA) is 70.1 Å². The molecule has 0 amide bonds. The van der Waals surface area contributed by atoms with Gasteiger partial charge >= 0.3 is 0 Å². The molecule has 1 unspecified atom stereocenters. The number of halogens is 1. The third-order valence-corrected chi connectivity index (χ3v) is 5.36. The highest BCUT2D eigenvalue weighted by Crippen LogP contribution is 2.28. The number of nitrogens with two attached hydrogens (primary N) is 1. The highest BCUT2D eigenvalue weighted by Gasteiger charge is 2.17. The molecular weight excluding hydrogens is 342 g/mol. The summed E-state index contributed by atoms with van der Waals surface area (Å²) in [5.74, 6) is 0.899. The van der Waals surface area contributed by atoms with Crippen LogP contribution in [0.4, 0.5) is 5.69 Å². The van der Waals surface area contributed by atoms with E-state index in [4.69, 9.17) is 10.5 Å². The van der Waals surface area contributed by atoms with Crippen molar-refractivity contribution in [1.82, 2.24) is 9.78 Å². The van der Waals surface area contributed by atoms with Crippen LogP contribution >= 0.6 is 15.9 Å². The number of rotatable bonds is 4. The summed E-state index contributed by atoms with van der Waals surface area (Å²) in [4.78, 5) is 0.632. The SMILES string of the molecule is COc1cc(N)ccc1S(=O)Cc1c(Br)c(C)nn1C. The minimum atomic E-state index is -1.23. The first-order valence-corrected chi connectivity index (χ1v) is 8.05. The van der Waals surface area contributed by atoms with Crippen molar-refractivity contribution in [2.75, 3.05) is 12.8 Å². The second kappa shape index (κ2) is 5.97. The van der Waals surface area contributed by atoms with Gasteiger partial charge in [-0.3, -0.25) is 8.89 Å². The summed E-state index contributed by atoms with van der Waals surface area (Å²) in [6.07, 6.45) is 0. The van der Waals surface area contributed by atoms with Crippen molar-refractivity contribution in [2.24, 2.45) is 7.05 Å². The fourth-order valence-electron chi connectivity index (χ4n) is 1.91. The Kier molecular flexibility index (Phi) is 4.49. The summed E-state index contributed by atoms with van der Waals surface area (Å²) >= 11 is 3.48. The molecule has 20 heavy (non-hydrogen) atoms. The summed E-state index contributed by atoms with van der Waals surface area (Å²) in [6, 6.07) is 5.14. The molecule has 2 aromatic rings. The Labute approximate surface area is 128 Å². The number of benzene rings is 1. The van der Waals surface area contributed by atoms with Gasteiger partial charge in [0.25, 0.3) is 0 Å². The summed E-state index contributed by atoms with van der Waals surface area (Å²) in [5.41, 5.74) is 8.06. The van der Waals surface area contributed by atoms with Gasteiger partial charge in [0.05, 0.1) is 44.4 Å². The molecule has 7 heteroatoms. The first-order valence-electron chi connectivity index (χ1n) is 5.94. The number of nitrogens with zero attached hydrogens (tertiary/aromatic N) is 2. The van der Waals surface area contributed by atoms with Gasteiger partial charge in [0.2, 0.25) is 0 Å². The van der Waals surface area contributed by atoms with Gasteiger partial charge < -0.3 is 10.5 Å². The van der Waals surface area contributed by atoms with E-state index in [0.29, 0.717) is 22.1 Å². The summed E-state index contributed by atoms with van der Waals surface area (Å²) in [6.45, 7) is 1.90. The lowest BCUT2D eigenvalue weighted by Crippen LogP contribution is -2.05. The van der Waals surface area contributed by atoms with E-state index < -0.39 is 10.8 Å². The molecule has 0 bridgehead atoms. The lowest BCUT2D eigenvalue weighted by atomic mass is 10.3. The summed E-state index contributed by atoms with van der Waals surface area (Å²) in [7, 11) is 2.15. The largest absolute Gasteiger partial charge is 0.495 e. The van der Waals surface area contributed by atoms with Crippen LogP contribution in [0.2, 0.25) is 0 Å². The lowest BCUT2D eigenvalue weighted by molar-refractivity contribution is 0.404. The van der Waals surface area contributed by atoms with E-state index in [2.05, 4.69) is 21.0 Å². The third kappa shape index (κ3) is 2.88. The number of anilines is 1. The Morgan fingerprint density at radius 3 is 2.75 bits per heavy atom. The number of aromatic nitrogens is 2. The zero-order valence-corrected chi connectivity index (χ0v) is 13.9. The van der Waals surface area contributed by atoms with Gasteiger partial charge in [-0.15, -0.1) is 0 Å². The Hall–Kier alpha value is -1.34. The van der Waals surface area contributed by atoms with Crippen LogP contribution in [-0.4, -0.2) is 21.1 Å². The molecule has 0 radical (unpaired) electrons. The summed E-state index contributed by atoms with van der Waals surface area (Å²) < 4.78 is 20.4. The maximum absolute atomic E-state index is 12.5. The van der Waals surface area contributed by atoms with Crippen LogP contribution in [0, 0.1) is 6.92 Å². The fraction of sp³-hybridized carbons (Fsp3) is 0.308. The minimum Gasteiger partial charge on any atom is -0.495 e. The standard InChI is InChI=1S/C13H16BrN3O2S/c1-8-13(14)10(17(2)16-8)7-20(18)12-5-4-9(15)6-11(12)19-3/h4-6H,7,15H2,1-3H3. The van der Waals surface area contributed by atoms with Gasteiger partial charge in [-0.1, -0.05) is 0 Å². The van der Waals surface area contributed by atoms with Crippen LogP contribution in [0.25, 0.3) is 0 Å². The van der Waals surface area contributed by atoms with Gasteiger partial charge in [0.15, 0.2) is 0 Å². The van der Waals surface area contributed by atoms with E-state index >= 15 is 0 Å². The van der Waals surface area contributed by atoms with E-state index in [0.717, 1.165) is 15.9 Å². The molecule has 0 aliphatic carbocycles. The highest BCUT2D eigenvalue weighted by atomic mass is 79.9. The van der Waals surface area contributed by atoms with E-state index in [1.54, 1.807) is 30.0 Å². The van der Waals surface area contributed by atoms with Gasteiger partial charge in [-0.05, 0) is 35.0 Å². The van der Waals surface area contributed by atoms with Crippen LogP contribution in [-0.2, 0) is 23.6 Å². The normalized spacial score (nSPS) is 12.4. The average Bonchev–Trinajstić information content (AvgIpc) is 2.65. The van der Waals surface area contributed by atoms with Gasteiger partial charge in [0, 0.05) is 18.8 Å². The van der Waals surface area contributed by atoms with Gasteiger partial charge in [-0.25, -0.2) is 0 Å². The van der Waals surface area contributed by atoms with E-state index in [1.807, 2.05) is 14.0 Å². The van der Waals surface area contributed by atoms with E-state index in [1.165, 1.54) is 0 Å². The molecule has 0 aliphatic heterocycles.